The third kappa shape index (κ3) is 3.80. The Morgan fingerprint density at radius 1 is 0.600 bits per heavy atom. The van der Waals surface area contributed by atoms with E-state index in [0.717, 1.165) is 26.2 Å². The monoisotopic (exact) mass is 336 g/mol. The molecule has 1 rings (SSSR count). The van der Waals surface area contributed by atoms with Gasteiger partial charge in [-0.1, -0.05) is 27.7 Å². The Bertz CT molecular complexity index is 299. The molecule has 0 amide bonds. The van der Waals surface area contributed by atoms with Crippen molar-refractivity contribution in [2.45, 2.75) is 53.9 Å². The van der Waals surface area contributed by atoms with Crippen LogP contribution in [-0.2, 0) is 12.3 Å². The molecule has 1 aliphatic heterocycles. The van der Waals surface area contributed by atoms with Gasteiger partial charge in [-0.05, 0) is 52.4 Å². The first-order valence-corrected chi connectivity index (χ1v) is 15.1. The van der Waals surface area contributed by atoms with Crippen LogP contribution in [-0.4, -0.2) is 61.3 Å². The topological polar surface area (TPSA) is 34.2 Å². The Kier molecular flexibility index (Phi) is 6.19. The lowest BCUT2D eigenvalue weighted by molar-refractivity contribution is 0.137. The van der Waals surface area contributed by atoms with Crippen LogP contribution in [0.3, 0.4) is 0 Å². The molecule has 1 saturated heterocycles. The van der Waals surface area contributed by atoms with E-state index in [4.69, 9.17) is 12.3 Å². The summed E-state index contributed by atoms with van der Waals surface area (Å²) in [7, 11) is -6.82. The second-order valence-corrected chi connectivity index (χ2v) is 16.0. The zero-order valence-electron chi connectivity index (χ0n) is 14.4. The number of hydrogen-bond acceptors (Lipinski definition) is 5. The summed E-state index contributed by atoms with van der Waals surface area (Å²) in [6, 6.07) is 0. The van der Waals surface area contributed by atoms with Gasteiger partial charge in [-0.15, -0.1) is 0 Å². The summed E-state index contributed by atoms with van der Waals surface area (Å²) in [6.45, 7) is 21.2. The molecule has 0 aromatic carbocycles. The summed E-state index contributed by atoms with van der Waals surface area (Å²) in [5.74, 6) is 0. The van der Waals surface area contributed by atoms with Crippen LogP contribution in [0.5, 0.6) is 0 Å². The van der Waals surface area contributed by atoms with Gasteiger partial charge in [0.2, 0.25) is 0 Å². The number of rotatable bonds is 6. The van der Waals surface area contributed by atoms with Crippen LogP contribution in [0.2, 0.25) is 26.2 Å². The molecule has 5 nitrogen and oxygen atoms in total. The standard InChI is InChI=1S/C12H32N2O3Si3/c1-9-13(10-2)19(7)15-18(5,6)16-20(8,17-19)14(11-3)12-4/h9-12H2,1-8H3. The average molecular weight is 337 g/mol. The summed E-state index contributed by atoms with van der Waals surface area (Å²) >= 11 is 0. The van der Waals surface area contributed by atoms with Crippen LogP contribution in [0.4, 0.5) is 0 Å². The lowest BCUT2D eigenvalue weighted by Crippen LogP contribution is -2.76. The van der Waals surface area contributed by atoms with Crippen molar-refractivity contribution in [3.8, 4) is 0 Å². The van der Waals surface area contributed by atoms with E-state index < -0.39 is 26.0 Å². The molecule has 0 bridgehead atoms. The van der Waals surface area contributed by atoms with Gasteiger partial charge in [0.25, 0.3) is 0 Å². The van der Waals surface area contributed by atoms with Crippen molar-refractivity contribution in [3.05, 3.63) is 0 Å². The van der Waals surface area contributed by atoms with Gasteiger partial charge in [0, 0.05) is 0 Å². The Balaban J connectivity index is 3.12. The van der Waals surface area contributed by atoms with Crippen molar-refractivity contribution in [1.82, 2.24) is 9.13 Å². The van der Waals surface area contributed by atoms with Gasteiger partial charge in [0.05, 0.1) is 0 Å². The van der Waals surface area contributed by atoms with Gasteiger partial charge in [-0.3, -0.25) is 9.13 Å². The second-order valence-electron chi connectivity index (χ2n) is 5.85. The van der Waals surface area contributed by atoms with Crippen molar-refractivity contribution >= 4 is 26.0 Å². The van der Waals surface area contributed by atoms with Crippen LogP contribution in [0.1, 0.15) is 27.7 Å². The predicted octanol–water partition coefficient (Wildman–Crippen LogP) is 2.57. The molecular formula is C12H32N2O3Si3. The minimum absolute atomic E-state index is 0.965. The van der Waals surface area contributed by atoms with E-state index in [9.17, 15) is 0 Å². The molecule has 120 valence electrons. The molecule has 0 aliphatic carbocycles. The van der Waals surface area contributed by atoms with E-state index in [1.807, 2.05) is 0 Å². The van der Waals surface area contributed by atoms with Crippen LogP contribution >= 0.6 is 0 Å². The molecular weight excluding hydrogens is 304 g/mol. The van der Waals surface area contributed by atoms with Crippen molar-refractivity contribution in [1.29, 1.82) is 0 Å². The van der Waals surface area contributed by atoms with Gasteiger partial charge in [0.15, 0.2) is 0 Å². The Morgan fingerprint density at radius 2 is 0.900 bits per heavy atom. The lowest BCUT2D eigenvalue weighted by Gasteiger charge is -2.54. The number of hydrogen-bond donors (Lipinski definition) is 0. The van der Waals surface area contributed by atoms with E-state index in [2.05, 4.69) is 63.0 Å². The minimum atomic E-state index is -2.34. The molecule has 1 heterocycles. The average Bonchev–Trinajstić information content (AvgIpc) is 2.27. The molecule has 2 atom stereocenters. The molecule has 1 aliphatic rings. The molecule has 20 heavy (non-hydrogen) atoms. The van der Waals surface area contributed by atoms with Gasteiger partial charge < -0.3 is 12.3 Å². The molecule has 2 unspecified atom stereocenters. The molecule has 0 aromatic rings. The first kappa shape index (κ1) is 18.5. The molecule has 0 spiro atoms. The summed E-state index contributed by atoms with van der Waals surface area (Å²) in [4.78, 5) is 0. The maximum Gasteiger partial charge on any atom is 0.407 e. The molecule has 0 saturated carbocycles. The highest BCUT2D eigenvalue weighted by Crippen LogP contribution is 2.34. The van der Waals surface area contributed by atoms with E-state index in [1.54, 1.807) is 0 Å². The van der Waals surface area contributed by atoms with E-state index in [1.165, 1.54) is 0 Å². The van der Waals surface area contributed by atoms with Crippen molar-refractivity contribution in [3.63, 3.8) is 0 Å². The summed E-state index contributed by atoms with van der Waals surface area (Å²) in [6.07, 6.45) is 0. The second kappa shape index (κ2) is 6.69. The Morgan fingerprint density at radius 3 is 1.15 bits per heavy atom. The molecule has 1 fully saturated rings. The van der Waals surface area contributed by atoms with E-state index in [-0.39, 0.29) is 0 Å². The summed E-state index contributed by atoms with van der Waals surface area (Å²) in [5, 5.41) is 0. The van der Waals surface area contributed by atoms with Crippen LogP contribution < -0.4 is 0 Å². The van der Waals surface area contributed by atoms with Crippen molar-refractivity contribution < 1.29 is 12.3 Å². The van der Waals surface area contributed by atoms with E-state index in [0.29, 0.717) is 0 Å². The van der Waals surface area contributed by atoms with Gasteiger partial charge in [-0.2, -0.15) is 0 Å². The van der Waals surface area contributed by atoms with Gasteiger partial charge >= 0.3 is 26.0 Å². The minimum Gasteiger partial charge on any atom is -0.404 e. The summed E-state index contributed by atoms with van der Waals surface area (Å²) in [5.41, 5.74) is 0. The Labute approximate surface area is 128 Å². The lowest BCUT2D eigenvalue weighted by atomic mass is 10.7. The van der Waals surface area contributed by atoms with Crippen LogP contribution in [0, 0.1) is 0 Å². The SMILES string of the molecule is CCN(CC)[Si]1(C)O[Si](C)(C)O[Si](C)(N(CC)CC)O1. The highest BCUT2D eigenvalue weighted by Gasteiger charge is 2.59. The zero-order chi connectivity index (χ0) is 15.6. The maximum absolute atomic E-state index is 6.60. The van der Waals surface area contributed by atoms with Gasteiger partial charge in [0.1, 0.15) is 0 Å². The quantitative estimate of drug-likeness (QED) is 0.696. The molecule has 8 heteroatoms. The molecule has 0 radical (unpaired) electrons. The van der Waals surface area contributed by atoms with Crippen LogP contribution in [0.25, 0.3) is 0 Å². The fourth-order valence-electron chi connectivity index (χ4n) is 3.18. The third-order valence-corrected chi connectivity index (χ3v) is 17.5. The highest BCUT2D eigenvalue weighted by molar-refractivity contribution is 6.91. The van der Waals surface area contributed by atoms with Crippen molar-refractivity contribution in [2.24, 2.45) is 0 Å². The molecule has 0 N–H and O–H groups in total. The fourth-order valence-corrected chi connectivity index (χ4v) is 19.3. The largest absolute Gasteiger partial charge is 0.407 e. The Hall–Kier alpha value is 0.451. The van der Waals surface area contributed by atoms with E-state index >= 15 is 0 Å². The predicted molar refractivity (Wildman–Crippen MR) is 89.8 cm³/mol. The third-order valence-electron chi connectivity index (χ3n) is 3.92. The number of nitrogens with zero attached hydrogens (tertiary/aromatic N) is 2. The smallest absolute Gasteiger partial charge is 0.404 e. The normalized spacial score (nSPS) is 33.9. The summed E-state index contributed by atoms with van der Waals surface area (Å²) < 4.78 is 24.2. The van der Waals surface area contributed by atoms with Crippen LogP contribution in [0.15, 0.2) is 0 Å². The first-order valence-electron chi connectivity index (χ1n) is 7.77. The maximum atomic E-state index is 6.60. The zero-order valence-corrected chi connectivity index (χ0v) is 17.4. The molecule has 0 aromatic heterocycles. The highest BCUT2D eigenvalue weighted by atomic mass is 28.5. The van der Waals surface area contributed by atoms with Crippen molar-refractivity contribution in [2.75, 3.05) is 26.2 Å². The fraction of sp³-hybridized carbons (Fsp3) is 1.00. The van der Waals surface area contributed by atoms with Gasteiger partial charge in [-0.25, -0.2) is 0 Å². The first-order chi connectivity index (χ1) is 9.16.